The molecule has 0 fully saturated rings. The lowest BCUT2D eigenvalue weighted by Gasteiger charge is -2.32. The van der Waals surface area contributed by atoms with E-state index in [1.54, 1.807) is 0 Å². The first kappa shape index (κ1) is 33.0. The Kier molecular flexibility index (Phi) is 7.75. The normalized spacial score (nSPS) is 14.4. The zero-order valence-corrected chi connectivity index (χ0v) is 31.3. The second-order valence-corrected chi connectivity index (χ2v) is 14.9. The molecular weight excluding hydrogens is 689 g/mol. The van der Waals surface area contributed by atoms with E-state index in [1.807, 2.05) is 0 Å². The molecule has 2 aliphatic rings. The molecule has 9 aromatic carbocycles. The Morgan fingerprint density at radius 1 is 0.228 bits per heavy atom. The van der Waals surface area contributed by atoms with Crippen LogP contribution in [0.1, 0.15) is 22.3 Å². The Hall–Kier alpha value is -7.42. The van der Waals surface area contributed by atoms with Crippen LogP contribution in [-0.4, -0.2) is 0 Å². The number of benzene rings is 9. The summed E-state index contributed by atoms with van der Waals surface area (Å²) in [5, 5.41) is 0. The highest BCUT2D eigenvalue weighted by molar-refractivity contribution is 5.97. The van der Waals surface area contributed by atoms with E-state index in [4.69, 9.17) is 0 Å². The average Bonchev–Trinajstić information content (AvgIpc) is 3.75. The fourth-order valence-electron chi connectivity index (χ4n) is 9.46. The van der Waals surface area contributed by atoms with E-state index in [0.717, 1.165) is 34.1 Å². The van der Waals surface area contributed by atoms with Crippen molar-refractivity contribution in [2.45, 2.75) is 5.41 Å². The Bertz CT molecular complexity index is 2850. The number of para-hydroxylation sites is 3. The molecule has 0 saturated heterocycles. The predicted molar refractivity (Wildman–Crippen MR) is 238 cm³/mol. The molecule has 11 rings (SSSR count). The highest BCUT2D eigenvalue weighted by Gasteiger charge is 2.52. The lowest BCUT2D eigenvalue weighted by atomic mass is 9.70. The quantitative estimate of drug-likeness (QED) is 0.161. The molecule has 1 unspecified atom stereocenters. The van der Waals surface area contributed by atoms with Crippen LogP contribution in [0.25, 0.3) is 33.4 Å². The average molecular weight is 727 g/mol. The third kappa shape index (κ3) is 5.18. The molecule has 0 bridgehead atoms. The predicted octanol–water partition coefficient (Wildman–Crippen LogP) is 14.6. The summed E-state index contributed by atoms with van der Waals surface area (Å²) in [4.78, 5) is 4.76. The first-order valence-corrected chi connectivity index (χ1v) is 19.7. The summed E-state index contributed by atoms with van der Waals surface area (Å²) >= 11 is 0. The van der Waals surface area contributed by atoms with Gasteiger partial charge in [-0.1, -0.05) is 158 Å². The van der Waals surface area contributed by atoms with Crippen molar-refractivity contribution in [3.05, 3.63) is 253 Å². The summed E-state index contributed by atoms with van der Waals surface area (Å²) in [6.07, 6.45) is 0. The van der Waals surface area contributed by atoms with Gasteiger partial charge in [-0.3, -0.25) is 0 Å². The van der Waals surface area contributed by atoms with E-state index in [9.17, 15) is 0 Å². The van der Waals surface area contributed by atoms with Crippen LogP contribution in [0.15, 0.2) is 231 Å². The first-order chi connectivity index (χ1) is 28.3. The van der Waals surface area contributed by atoms with Crippen LogP contribution in [0.5, 0.6) is 0 Å². The molecule has 2 heteroatoms. The van der Waals surface area contributed by atoms with E-state index < -0.39 is 5.41 Å². The fourth-order valence-corrected chi connectivity index (χ4v) is 9.46. The third-order valence-electron chi connectivity index (χ3n) is 11.8. The maximum atomic E-state index is 2.47. The number of anilines is 6. The standard InChI is InChI=1S/C55H38N2/c1-5-17-39(18-6-1)40-29-31-44(32-30-40)57(43-23-11-4-12-24-43)46-33-35-49-47-25-13-15-27-51(47)55(54(49)38-46)52-28-16-14-26-48(52)50-37-45(34-36-53(50)55)56(41-19-7-2-8-20-41)42-21-9-3-10-22-42/h1-38H. The van der Waals surface area contributed by atoms with Crippen molar-refractivity contribution in [3.63, 3.8) is 0 Å². The van der Waals surface area contributed by atoms with E-state index >= 15 is 0 Å². The summed E-state index contributed by atoms with van der Waals surface area (Å²) in [5.74, 6) is 0. The van der Waals surface area contributed by atoms with Gasteiger partial charge in [0.05, 0.1) is 5.41 Å². The molecule has 0 N–H and O–H groups in total. The lowest BCUT2D eigenvalue weighted by molar-refractivity contribution is 0.793. The molecule has 9 aromatic rings. The second-order valence-electron chi connectivity index (χ2n) is 14.9. The SMILES string of the molecule is c1ccc(-c2ccc(N(c3ccccc3)c3ccc4c(c3)C3(c5ccccc5-c5cc(N(c6ccccc6)c6ccccc6)ccc53)c3ccccc3-4)cc2)cc1. The molecule has 0 aliphatic heterocycles. The molecule has 0 heterocycles. The summed E-state index contributed by atoms with van der Waals surface area (Å²) in [7, 11) is 0. The molecule has 268 valence electrons. The molecule has 0 aromatic heterocycles. The van der Waals surface area contributed by atoms with Gasteiger partial charge in [0.25, 0.3) is 0 Å². The number of hydrogen-bond acceptors (Lipinski definition) is 2. The molecule has 2 aliphatic carbocycles. The van der Waals surface area contributed by atoms with Crippen molar-refractivity contribution < 1.29 is 0 Å². The summed E-state index contributed by atoms with van der Waals surface area (Å²) in [6.45, 7) is 0. The number of rotatable bonds is 7. The van der Waals surface area contributed by atoms with Crippen molar-refractivity contribution in [2.75, 3.05) is 9.80 Å². The van der Waals surface area contributed by atoms with Crippen molar-refractivity contribution >= 4 is 34.1 Å². The zero-order chi connectivity index (χ0) is 37.8. The maximum Gasteiger partial charge on any atom is 0.0726 e. The van der Waals surface area contributed by atoms with Gasteiger partial charge in [-0.05, 0) is 128 Å². The van der Waals surface area contributed by atoms with Crippen LogP contribution >= 0.6 is 0 Å². The lowest BCUT2D eigenvalue weighted by Crippen LogP contribution is -2.26. The first-order valence-electron chi connectivity index (χ1n) is 19.7. The van der Waals surface area contributed by atoms with E-state index in [2.05, 4.69) is 240 Å². The minimum absolute atomic E-state index is 0.490. The highest BCUT2D eigenvalue weighted by atomic mass is 15.1. The van der Waals surface area contributed by atoms with Crippen molar-refractivity contribution in [1.82, 2.24) is 0 Å². The van der Waals surface area contributed by atoms with Crippen molar-refractivity contribution in [1.29, 1.82) is 0 Å². The number of hydrogen-bond donors (Lipinski definition) is 0. The van der Waals surface area contributed by atoms with Gasteiger partial charge in [0, 0.05) is 34.1 Å². The number of nitrogens with zero attached hydrogens (tertiary/aromatic N) is 2. The Morgan fingerprint density at radius 3 is 1.16 bits per heavy atom. The third-order valence-corrected chi connectivity index (χ3v) is 11.8. The van der Waals surface area contributed by atoms with Crippen LogP contribution < -0.4 is 9.80 Å². The van der Waals surface area contributed by atoms with Gasteiger partial charge in [0.1, 0.15) is 0 Å². The minimum Gasteiger partial charge on any atom is -0.310 e. The van der Waals surface area contributed by atoms with Crippen molar-refractivity contribution in [2.24, 2.45) is 0 Å². The number of fused-ring (bicyclic) bond motifs is 10. The second kappa shape index (κ2) is 13.4. The van der Waals surface area contributed by atoms with Crippen LogP contribution in [0, 0.1) is 0 Å². The van der Waals surface area contributed by atoms with Gasteiger partial charge in [-0.2, -0.15) is 0 Å². The van der Waals surface area contributed by atoms with E-state index in [0.29, 0.717) is 0 Å². The summed E-state index contributed by atoms with van der Waals surface area (Å²) < 4.78 is 0. The van der Waals surface area contributed by atoms with Gasteiger partial charge in [-0.25, -0.2) is 0 Å². The monoisotopic (exact) mass is 726 g/mol. The van der Waals surface area contributed by atoms with Crippen LogP contribution in [0.2, 0.25) is 0 Å². The summed E-state index contributed by atoms with van der Waals surface area (Å²) in [5.41, 5.74) is 19.1. The van der Waals surface area contributed by atoms with Gasteiger partial charge in [0.15, 0.2) is 0 Å². The highest BCUT2D eigenvalue weighted by Crippen LogP contribution is 2.64. The van der Waals surface area contributed by atoms with Crippen LogP contribution in [0.3, 0.4) is 0 Å². The van der Waals surface area contributed by atoms with Crippen LogP contribution in [-0.2, 0) is 5.41 Å². The van der Waals surface area contributed by atoms with Gasteiger partial charge in [0.2, 0.25) is 0 Å². The van der Waals surface area contributed by atoms with Crippen molar-refractivity contribution in [3.8, 4) is 33.4 Å². The largest absolute Gasteiger partial charge is 0.310 e. The zero-order valence-electron chi connectivity index (χ0n) is 31.3. The summed E-state index contributed by atoms with van der Waals surface area (Å²) in [6, 6.07) is 84.1. The van der Waals surface area contributed by atoms with Crippen LogP contribution in [0.4, 0.5) is 34.1 Å². The molecule has 57 heavy (non-hydrogen) atoms. The Labute approximate surface area is 334 Å². The van der Waals surface area contributed by atoms with Gasteiger partial charge >= 0.3 is 0 Å². The van der Waals surface area contributed by atoms with E-state index in [1.165, 1.54) is 55.6 Å². The molecule has 0 radical (unpaired) electrons. The molecule has 0 amide bonds. The maximum absolute atomic E-state index is 2.47. The molecular formula is C55H38N2. The van der Waals surface area contributed by atoms with Gasteiger partial charge in [-0.15, -0.1) is 0 Å². The Morgan fingerprint density at radius 2 is 0.596 bits per heavy atom. The molecule has 0 saturated carbocycles. The fraction of sp³-hybridized carbons (Fsp3) is 0.0182. The minimum atomic E-state index is -0.490. The Balaban J connectivity index is 1.12. The van der Waals surface area contributed by atoms with Gasteiger partial charge < -0.3 is 9.80 Å². The smallest absolute Gasteiger partial charge is 0.0726 e. The topological polar surface area (TPSA) is 6.48 Å². The van der Waals surface area contributed by atoms with E-state index in [-0.39, 0.29) is 0 Å². The molecule has 1 atom stereocenters. The molecule has 2 nitrogen and oxygen atoms in total. The molecule has 1 spiro atoms.